The number of hydrogen-bond donors (Lipinski definition) is 3. The standard InChI is InChI=1S/C18H17N3O6/c1-26-14-8-5-9-15(27-2)12(14)10-19-21-17(23)16(22)20-13-7-4-3-6-11(13)18(24)25/h3-10H,1-2H3,(H,20,22)(H,21,23)(H,24,25)/b19-10+. The van der Waals surface area contributed by atoms with Crippen molar-refractivity contribution < 1.29 is 29.0 Å². The quantitative estimate of drug-likeness (QED) is 0.401. The van der Waals surface area contributed by atoms with Gasteiger partial charge in [-0.2, -0.15) is 5.10 Å². The van der Waals surface area contributed by atoms with E-state index in [4.69, 9.17) is 14.6 Å². The normalized spacial score (nSPS) is 10.3. The molecule has 0 unspecified atom stereocenters. The van der Waals surface area contributed by atoms with Crippen LogP contribution >= 0.6 is 0 Å². The van der Waals surface area contributed by atoms with Crippen molar-refractivity contribution in [1.82, 2.24) is 5.43 Å². The number of carboxylic acids is 1. The van der Waals surface area contributed by atoms with Crippen LogP contribution in [0.3, 0.4) is 0 Å². The van der Waals surface area contributed by atoms with Crippen molar-refractivity contribution >= 4 is 29.7 Å². The number of methoxy groups -OCH3 is 2. The number of nitrogens with one attached hydrogen (secondary N) is 2. The molecule has 27 heavy (non-hydrogen) atoms. The summed E-state index contributed by atoms with van der Waals surface area (Å²) in [4.78, 5) is 34.9. The van der Waals surface area contributed by atoms with E-state index in [1.165, 1.54) is 44.7 Å². The largest absolute Gasteiger partial charge is 0.496 e. The Hall–Kier alpha value is -3.88. The second-order valence-corrected chi connectivity index (χ2v) is 5.08. The van der Waals surface area contributed by atoms with Crippen LogP contribution in [0.25, 0.3) is 0 Å². The van der Waals surface area contributed by atoms with Gasteiger partial charge >= 0.3 is 17.8 Å². The monoisotopic (exact) mass is 371 g/mol. The van der Waals surface area contributed by atoms with Crippen LogP contribution in [0.5, 0.6) is 11.5 Å². The maximum atomic E-state index is 11.9. The van der Waals surface area contributed by atoms with Gasteiger partial charge in [0.1, 0.15) is 11.5 Å². The first-order valence-electron chi connectivity index (χ1n) is 7.65. The van der Waals surface area contributed by atoms with Crippen molar-refractivity contribution in [2.45, 2.75) is 0 Å². The number of hydrazone groups is 1. The summed E-state index contributed by atoms with van der Waals surface area (Å²) < 4.78 is 10.4. The van der Waals surface area contributed by atoms with Gasteiger partial charge in [0.2, 0.25) is 0 Å². The summed E-state index contributed by atoms with van der Waals surface area (Å²) in [7, 11) is 2.94. The minimum absolute atomic E-state index is 0.000488. The van der Waals surface area contributed by atoms with Crippen molar-refractivity contribution in [3.63, 3.8) is 0 Å². The number of amides is 2. The van der Waals surface area contributed by atoms with E-state index >= 15 is 0 Å². The molecule has 0 saturated heterocycles. The number of carboxylic acid groups (broad SMARTS) is 1. The molecule has 9 heteroatoms. The maximum absolute atomic E-state index is 11.9. The molecule has 2 aromatic carbocycles. The van der Waals surface area contributed by atoms with Crippen LogP contribution in [0.4, 0.5) is 5.69 Å². The molecule has 9 nitrogen and oxygen atoms in total. The highest BCUT2D eigenvalue weighted by Crippen LogP contribution is 2.26. The SMILES string of the molecule is COc1cccc(OC)c1/C=N/NC(=O)C(=O)Nc1ccccc1C(=O)O. The van der Waals surface area contributed by atoms with Gasteiger partial charge in [0.25, 0.3) is 0 Å². The van der Waals surface area contributed by atoms with Gasteiger partial charge < -0.3 is 19.9 Å². The first-order chi connectivity index (χ1) is 13.0. The highest BCUT2D eigenvalue weighted by Gasteiger charge is 2.17. The van der Waals surface area contributed by atoms with Crippen molar-refractivity contribution in [3.8, 4) is 11.5 Å². The van der Waals surface area contributed by atoms with Crippen LogP contribution in [0.2, 0.25) is 0 Å². The summed E-state index contributed by atoms with van der Waals surface area (Å²) in [5, 5.41) is 15.0. The molecule has 2 aromatic rings. The minimum atomic E-state index is -1.23. The van der Waals surface area contributed by atoms with Gasteiger partial charge in [-0.3, -0.25) is 9.59 Å². The Morgan fingerprint density at radius 1 is 0.963 bits per heavy atom. The lowest BCUT2D eigenvalue weighted by atomic mass is 10.2. The lowest BCUT2D eigenvalue weighted by Gasteiger charge is -2.09. The Bertz CT molecular complexity index is 872. The molecule has 0 heterocycles. The predicted octanol–water partition coefficient (Wildman–Crippen LogP) is 1.49. The molecular formula is C18H17N3O6. The number of rotatable bonds is 6. The number of anilines is 1. The summed E-state index contributed by atoms with van der Waals surface area (Å²) in [6.07, 6.45) is 1.27. The number of aromatic carboxylic acids is 1. The smallest absolute Gasteiger partial charge is 0.337 e. The predicted molar refractivity (Wildman–Crippen MR) is 97.3 cm³/mol. The van der Waals surface area contributed by atoms with E-state index in [9.17, 15) is 14.4 Å². The van der Waals surface area contributed by atoms with E-state index in [1.807, 2.05) is 0 Å². The van der Waals surface area contributed by atoms with Crippen molar-refractivity contribution in [3.05, 3.63) is 53.6 Å². The molecule has 0 bridgehead atoms. The molecule has 140 valence electrons. The van der Waals surface area contributed by atoms with Gasteiger partial charge in [-0.15, -0.1) is 0 Å². The number of para-hydroxylation sites is 1. The molecule has 2 amide bonds. The van der Waals surface area contributed by atoms with Crippen LogP contribution in [0.15, 0.2) is 47.6 Å². The highest BCUT2D eigenvalue weighted by molar-refractivity contribution is 6.40. The molecule has 0 aliphatic heterocycles. The van der Waals surface area contributed by atoms with Gasteiger partial charge in [0.05, 0.1) is 37.2 Å². The van der Waals surface area contributed by atoms with Gasteiger partial charge in [-0.05, 0) is 24.3 Å². The third kappa shape index (κ3) is 4.82. The molecular weight excluding hydrogens is 354 g/mol. The Labute approximate surface area is 154 Å². The Morgan fingerprint density at radius 2 is 1.59 bits per heavy atom. The molecule has 0 spiro atoms. The minimum Gasteiger partial charge on any atom is -0.496 e. The topological polar surface area (TPSA) is 126 Å². The van der Waals surface area contributed by atoms with Gasteiger partial charge in [-0.1, -0.05) is 18.2 Å². The lowest BCUT2D eigenvalue weighted by molar-refractivity contribution is -0.136. The average molecular weight is 371 g/mol. The van der Waals surface area contributed by atoms with Crippen molar-refractivity contribution in [2.75, 3.05) is 19.5 Å². The zero-order valence-corrected chi connectivity index (χ0v) is 14.6. The first kappa shape index (κ1) is 19.4. The molecule has 0 atom stereocenters. The number of carbonyl (C=O) groups excluding carboxylic acids is 2. The molecule has 0 aromatic heterocycles. The zero-order valence-electron chi connectivity index (χ0n) is 14.6. The van der Waals surface area contributed by atoms with Crippen LogP contribution in [-0.2, 0) is 9.59 Å². The lowest BCUT2D eigenvalue weighted by Crippen LogP contribution is -2.32. The number of benzene rings is 2. The summed E-state index contributed by atoms with van der Waals surface area (Å²) >= 11 is 0. The van der Waals surface area contributed by atoms with E-state index in [0.29, 0.717) is 17.1 Å². The summed E-state index contributed by atoms with van der Waals surface area (Å²) in [5.41, 5.74) is 2.40. The fraction of sp³-hybridized carbons (Fsp3) is 0.111. The van der Waals surface area contributed by atoms with Crippen molar-refractivity contribution in [2.24, 2.45) is 5.10 Å². The third-order valence-corrected chi connectivity index (χ3v) is 3.44. The summed E-state index contributed by atoms with van der Waals surface area (Å²) in [5.74, 6) is -2.43. The van der Waals surface area contributed by atoms with Gasteiger partial charge in [0.15, 0.2) is 0 Å². The number of hydrogen-bond acceptors (Lipinski definition) is 6. The summed E-state index contributed by atoms with van der Waals surface area (Å²) in [6, 6.07) is 10.8. The van der Waals surface area contributed by atoms with Gasteiger partial charge in [0, 0.05) is 0 Å². The fourth-order valence-electron chi connectivity index (χ4n) is 2.17. The van der Waals surface area contributed by atoms with Crippen LogP contribution < -0.4 is 20.2 Å². The second kappa shape index (κ2) is 8.99. The Kier molecular flexibility index (Phi) is 6.48. The maximum Gasteiger partial charge on any atom is 0.337 e. The van der Waals surface area contributed by atoms with E-state index in [1.54, 1.807) is 18.2 Å². The number of carbonyl (C=O) groups is 3. The Balaban J connectivity index is 2.07. The average Bonchev–Trinajstić information content (AvgIpc) is 2.67. The molecule has 3 N–H and O–H groups in total. The molecule has 0 radical (unpaired) electrons. The second-order valence-electron chi connectivity index (χ2n) is 5.08. The van der Waals surface area contributed by atoms with E-state index < -0.39 is 17.8 Å². The fourth-order valence-corrected chi connectivity index (χ4v) is 2.17. The highest BCUT2D eigenvalue weighted by atomic mass is 16.5. The molecule has 2 rings (SSSR count). The summed E-state index contributed by atoms with van der Waals surface area (Å²) in [6.45, 7) is 0. The Morgan fingerprint density at radius 3 is 2.19 bits per heavy atom. The number of nitrogens with zero attached hydrogens (tertiary/aromatic N) is 1. The van der Waals surface area contributed by atoms with E-state index in [2.05, 4.69) is 15.8 Å². The van der Waals surface area contributed by atoms with E-state index in [0.717, 1.165) is 0 Å². The molecule has 0 aliphatic carbocycles. The first-order valence-corrected chi connectivity index (χ1v) is 7.65. The molecule has 0 saturated carbocycles. The van der Waals surface area contributed by atoms with Crippen molar-refractivity contribution in [1.29, 1.82) is 0 Å². The third-order valence-electron chi connectivity index (χ3n) is 3.44. The van der Waals surface area contributed by atoms with Crippen LogP contribution in [-0.4, -0.2) is 43.3 Å². The molecule has 0 aliphatic rings. The molecule has 0 fully saturated rings. The van der Waals surface area contributed by atoms with Crippen LogP contribution in [0.1, 0.15) is 15.9 Å². The zero-order chi connectivity index (χ0) is 19.8. The number of ether oxygens (including phenoxy) is 2. The van der Waals surface area contributed by atoms with Crippen LogP contribution in [0, 0.1) is 0 Å². The van der Waals surface area contributed by atoms with Gasteiger partial charge in [-0.25, -0.2) is 10.2 Å². The van der Waals surface area contributed by atoms with E-state index in [-0.39, 0.29) is 11.3 Å².